The molecule has 7 heteroatoms. The Morgan fingerprint density at radius 2 is 2.05 bits per heavy atom. The van der Waals surface area contributed by atoms with E-state index in [-0.39, 0.29) is 0 Å². The largest absolute Gasteiger partial charge is 0.362 e. The summed E-state index contributed by atoms with van der Waals surface area (Å²) in [4.78, 5) is 14.0. The smallest absolute Gasteiger partial charge is 0.224 e. The molecule has 0 radical (unpaired) electrons. The van der Waals surface area contributed by atoms with Gasteiger partial charge in [0.1, 0.15) is 10.0 Å². The number of hydrogen-bond donors (Lipinski definition) is 2. The summed E-state index contributed by atoms with van der Waals surface area (Å²) in [6, 6.07) is 0. The number of halogens is 1. The monoisotopic (exact) mass is 297 g/mol. The predicted octanol–water partition coefficient (Wildman–Crippen LogP) is 3.19. The van der Waals surface area contributed by atoms with Crippen LogP contribution in [0.1, 0.15) is 23.7 Å². The molecule has 0 aromatic carbocycles. The van der Waals surface area contributed by atoms with Gasteiger partial charge in [0, 0.05) is 17.6 Å². The van der Waals surface area contributed by atoms with Crippen LogP contribution in [-0.2, 0) is 13.0 Å². The molecule has 0 amide bonds. The molecular formula is C12H16ClN5S. The Labute approximate surface area is 121 Å². The molecule has 5 nitrogen and oxygen atoms in total. The van der Waals surface area contributed by atoms with Crippen molar-refractivity contribution in [1.29, 1.82) is 0 Å². The first-order chi connectivity index (χ1) is 9.22. The number of nitrogens with zero attached hydrogens (tertiary/aromatic N) is 3. The fourth-order valence-electron chi connectivity index (χ4n) is 1.49. The van der Waals surface area contributed by atoms with Crippen LogP contribution in [0.3, 0.4) is 0 Å². The first kappa shape index (κ1) is 14.0. The summed E-state index contributed by atoms with van der Waals surface area (Å²) in [6.45, 7) is 5.50. The highest BCUT2D eigenvalue weighted by atomic mass is 35.5. The van der Waals surface area contributed by atoms with E-state index in [4.69, 9.17) is 11.6 Å². The van der Waals surface area contributed by atoms with Crippen molar-refractivity contribution in [1.82, 2.24) is 15.0 Å². The van der Waals surface area contributed by atoms with Gasteiger partial charge in [0.2, 0.25) is 5.95 Å². The first-order valence-corrected chi connectivity index (χ1v) is 7.36. The molecule has 2 aromatic heterocycles. The summed E-state index contributed by atoms with van der Waals surface area (Å²) < 4.78 is 0. The molecule has 102 valence electrons. The maximum atomic E-state index is 6.06. The van der Waals surface area contributed by atoms with Crippen molar-refractivity contribution in [3.05, 3.63) is 27.3 Å². The van der Waals surface area contributed by atoms with Gasteiger partial charge in [-0.3, -0.25) is 0 Å². The molecule has 2 heterocycles. The summed E-state index contributed by atoms with van der Waals surface area (Å²) in [5.41, 5.74) is 0. The third-order valence-corrected chi connectivity index (χ3v) is 3.85. The topological polar surface area (TPSA) is 62.7 Å². The van der Waals surface area contributed by atoms with Gasteiger partial charge in [-0.05, 0) is 13.3 Å². The highest BCUT2D eigenvalue weighted by Gasteiger charge is 2.06. The van der Waals surface area contributed by atoms with Gasteiger partial charge in [-0.1, -0.05) is 18.5 Å². The standard InChI is InChI=1S/C12H16ClN5S/c1-3-8-5-15-10(19-8)7-16-11-9(13)6-17-12(18-11)14-4-2/h5-6H,3-4,7H2,1-2H3,(H2,14,16,17,18). The Balaban J connectivity index is 2.03. The van der Waals surface area contributed by atoms with Crippen LogP contribution in [0.25, 0.3) is 0 Å². The number of thiazole rings is 1. The maximum absolute atomic E-state index is 6.06. The number of rotatable bonds is 6. The minimum Gasteiger partial charge on any atom is -0.362 e. The molecule has 0 saturated heterocycles. The Hall–Kier alpha value is -1.40. The van der Waals surface area contributed by atoms with Crippen molar-refractivity contribution in [2.75, 3.05) is 17.2 Å². The third kappa shape index (κ3) is 3.78. The van der Waals surface area contributed by atoms with Gasteiger partial charge in [-0.25, -0.2) is 9.97 Å². The van der Waals surface area contributed by atoms with E-state index in [9.17, 15) is 0 Å². The zero-order valence-electron chi connectivity index (χ0n) is 10.9. The Morgan fingerprint density at radius 1 is 1.21 bits per heavy atom. The lowest BCUT2D eigenvalue weighted by atomic mass is 10.4. The summed E-state index contributed by atoms with van der Waals surface area (Å²) in [6.07, 6.45) is 4.51. The molecule has 2 rings (SSSR count). The number of aromatic nitrogens is 3. The second kappa shape index (κ2) is 6.68. The van der Waals surface area contributed by atoms with Crippen LogP contribution in [0.15, 0.2) is 12.4 Å². The molecule has 0 aliphatic rings. The summed E-state index contributed by atoms with van der Waals surface area (Å²) in [7, 11) is 0. The van der Waals surface area contributed by atoms with Crippen molar-refractivity contribution in [2.45, 2.75) is 26.8 Å². The molecule has 0 spiro atoms. The number of anilines is 2. The van der Waals surface area contributed by atoms with Crippen LogP contribution in [-0.4, -0.2) is 21.5 Å². The average Bonchev–Trinajstić information content (AvgIpc) is 2.88. The zero-order valence-corrected chi connectivity index (χ0v) is 12.5. The fraction of sp³-hybridized carbons (Fsp3) is 0.417. The molecule has 2 N–H and O–H groups in total. The lowest BCUT2D eigenvalue weighted by Crippen LogP contribution is -2.06. The molecule has 0 bridgehead atoms. The minimum atomic E-state index is 0.508. The highest BCUT2D eigenvalue weighted by Crippen LogP contribution is 2.21. The van der Waals surface area contributed by atoms with Gasteiger partial charge >= 0.3 is 0 Å². The van der Waals surface area contributed by atoms with E-state index in [0.717, 1.165) is 18.0 Å². The van der Waals surface area contributed by atoms with Crippen LogP contribution < -0.4 is 10.6 Å². The molecule has 0 atom stereocenters. The lowest BCUT2D eigenvalue weighted by Gasteiger charge is -2.07. The van der Waals surface area contributed by atoms with Crippen molar-refractivity contribution >= 4 is 34.7 Å². The highest BCUT2D eigenvalue weighted by molar-refractivity contribution is 7.11. The van der Waals surface area contributed by atoms with E-state index in [1.54, 1.807) is 17.5 Å². The second-order valence-corrected chi connectivity index (χ2v) is 5.45. The summed E-state index contributed by atoms with van der Waals surface area (Å²) >= 11 is 7.76. The molecular weight excluding hydrogens is 282 g/mol. The van der Waals surface area contributed by atoms with Crippen LogP contribution in [0.4, 0.5) is 11.8 Å². The van der Waals surface area contributed by atoms with Gasteiger partial charge in [-0.15, -0.1) is 11.3 Å². The predicted molar refractivity (Wildman–Crippen MR) is 80.0 cm³/mol. The molecule has 19 heavy (non-hydrogen) atoms. The van der Waals surface area contributed by atoms with E-state index < -0.39 is 0 Å². The third-order valence-electron chi connectivity index (χ3n) is 2.44. The average molecular weight is 298 g/mol. The molecule has 2 aromatic rings. The zero-order chi connectivity index (χ0) is 13.7. The van der Waals surface area contributed by atoms with E-state index in [1.165, 1.54) is 4.88 Å². The van der Waals surface area contributed by atoms with Crippen molar-refractivity contribution in [2.24, 2.45) is 0 Å². The van der Waals surface area contributed by atoms with Gasteiger partial charge in [0.05, 0.1) is 12.7 Å². The van der Waals surface area contributed by atoms with Gasteiger partial charge in [0.25, 0.3) is 0 Å². The minimum absolute atomic E-state index is 0.508. The van der Waals surface area contributed by atoms with Gasteiger partial charge < -0.3 is 10.6 Å². The number of hydrogen-bond acceptors (Lipinski definition) is 6. The molecule has 0 unspecified atom stereocenters. The second-order valence-electron chi connectivity index (χ2n) is 3.85. The molecule has 0 aliphatic carbocycles. The van der Waals surface area contributed by atoms with E-state index in [2.05, 4.69) is 32.5 Å². The van der Waals surface area contributed by atoms with Crippen molar-refractivity contribution in [3.8, 4) is 0 Å². The maximum Gasteiger partial charge on any atom is 0.224 e. The number of nitrogens with one attached hydrogen (secondary N) is 2. The molecule has 0 fully saturated rings. The van der Waals surface area contributed by atoms with E-state index in [0.29, 0.717) is 23.3 Å². The quantitative estimate of drug-likeness (QED) is 0.857. The Morgan fingerprint density at radius 3 is 2.74 bits per heavy atom. The van der Waals surface area contributed by atoms with Crippen LogP contribution in [0.5, 0.6) is 0 Å². The summed E-state index contributed by atoms with van der Waals surface area (Å²) in [5.74, 6) is 1.20. The van der Waals surface area contributed by atoms with Gasteiger partial charge in [-0.2, -0.15) is 4.98 Å². The Bertz CT molecular complexity index is 543. The van der Waals surface area contributed by atoms with E-state index in [1.807, 2.05) is 13.1 Å². The normalized spacial score (nSPS) is 10.5. The number of aryl methyl sites for hydroxylation is 1. The fourth-order valence-corrected chi connectivity index (χ4v) is 2.45. The van der Waals surface area contributed by atoms with Gasteiger partial charge in [0.15, 0.2) is 5.82 Å². The van der Waals surface area contributed by atoms with E-state index >= 15 is 0 Å². The SMILES string of the molecule is CCNc1ncc(Cl)c(NCc2ncc(CC)s2)n1. The summed E-state index contributed by atoms with van der Waals surface area (Å²) in [5, 5.41) is 7.78. The van der Waals surface area contributed by atoms with Crippen LogP contribution in [0.2, 0.25) is 5.02 Å². The van der Waals surface area contributed by atoms with Crippen LogP contribution >= 0.6 is 22.9 Å². The van der Waals surface area contributed by atoms with Crippen LogP contribution in [0, 0.1) is 0 Å². The van der Waals surface area contributed by atoms with Crippen molar-refractivity contribution < 1.29 is 0 Å². The first-order valence-electron chi connectivity index (χ1n) is 6.16. The Kier molecular flexibility index (Phi) is 4.93. The van der Waals surface area contributed by atoms with Crippen molar-refractivity contribution in [3.63, 3.8) is 0 Å². The lowest BCUT2D eigenvalue weighted by molar-refractivity contribution is 1.04. The molecule has 0 aliphatic heterocycles. The molecule has 0 saturated carbocycles.